The van der Waals surface area contributed by atoms with Gasteiger partial charge < -0.3 is 9.84 Å². The predicted molar refractivity (Wildman–Crippen MR) is 134 cm³/mol. The van der Waals surface area contributed by atoms with Crippen molar-refractivity contribution in [3.05, 3.63) is 47.1 Å². The normalized spacial score (nSPS) is 24.6. The monoisotopic (exact) mass is 437 g/mol. The molecular weight excluding hydrogens is 394 g/mol. The molecule has 2 heterocycles. The lowest BCUT2D eigenvalue weighted by molar-refractivity contribution is 0.00696. The van der Waals surface area contributed by atoms with Crippen LogP contribution in [-0.4, -0.2) is 35.2 Å². The van der Waals surface area contributed by atoms with Crippen LogP contribution in [0.1, 0.15) is 96.6 Å². The van der Waals surface area contributed by atoms with Crippen LogP contribution < -0.4 is 4.74 Å². The molecule has 176 valence electrons. The second kappa shape index (κ2) is 9.25. The van der Waals surface area contributed by atoms with Crippen LogP contribution >= 0.6 is 0 Å². The third-order valence-electron chi connectivity index (χ3n) is 8.14. The molecule has 32 heavy (non-hydrogen) atoms. The number of allylic oxidation sites excluding steroid dienone is 1. The maximum absolute atomic E-state index is 11.3. The highest BCUT2D eigenvalue weighted by molar-refractivity contribution is 5.54. The SMILES string of the molecule is CCCCCCC(C)(C)c1cc(O)c2c(c1)OC(C)(C)[C@H]1CC=C(CN3CC=CC3)CC21. The van der Waals surface area contributed by atoms with Gasteiger partial charge in [-0.1, -0.05) is 70.3 Å². The average molecular weight is 438 g/mol. The van der Waals surface area contributed by atoms with Crippen molar-refractivity contribution in [1.82, 2.24) is 4.90 Å². The molecule has 3 heteroatoms. The zero-order chi connectivity index (χ0) is 22.9. The van der Waals surface area contributed by atoms with Crippen molar-refractivity contribution in [3.8, 4) is 11.5 Å². The van der Waals surface area contributed by atoms with E-state index in [1.54, 1.807) is 0 Å². The molecule has 2 atom stereocenters. The lowest BCUT2D eigenvalue weighted by Gasteiger charge is -2.47. The standard InChI is InChI=1S/C29H43NO2/c1-6-7-8-9-14-28(2,3)22-18-25(31)27-23-17-21(20-30-15-10-11-16-30)12-13-24(23)29(4,5)32-26(27)19-22/h10-12,18-19,23-24,31H,6-9,13-17,20H2,1-5H3/t23?,24-/m0/s1. The number of ether oxygens (including phenoxy) is 1. The van der Waals surface area contributed by atoms with Crippen molar-refractivity contribution in [2.75, 3.05) is 19.6 Å². The summed E-state index contributed by atoms with van der Waals surface area (Å²) in [4.78, 5) is 2.49. The Morgan fingerprint density at radius 3 is 2.59 bits per heavy atom. The summed E-state index contributed by atoms with van der Waals surface area (Å²) in [6, 6.07) is 4.29. The second-order valence-corrected chi connectivity index (χ2v) is 11.5. The molecule has 1 aromatic carbocycles. The van der Waals surface area contributed by atoms with Gasteiger partial charge in [-0.2, -0.15) is 0 Å². The molecule has 0 amide bonds. The van der Waals surface area contributed by atoms with Crippen LogP contribution in [0, 0.1) is 5.92 Å². The molecule has 0 aromatic heterocycles. The molecule has 3 aliphatic rings. The van der Waals surface area contributed by atoms with E-state index < -0.39 is 0 Å². The zero-order valence-corrected chi connectivity index (χ0v) is 20.9. The molecule has 1 unspecified atom stereocenters. The fourth-order valence-electron chi connectivity index (χ4n) is 6.06. The number of hydrogen-bond donors (Lipinski definition) is 1. The summed E-state index contributed by atoms with van der Waals surface area (Å²) in [6.07, 6.45) is 15.2. The van der Waals surface area contributed by atoms with Crippen LogP contribution in [-0.2, 0) is 5.41 Å². The summed E-state index contributed by atoms with van der Waals surface area (Å²) >= 11 is 0. The van der Waals surface area contributed by atoms with Crippen LogP contribution in [0.5, 0.6) is 11.5 Å². The molecule has 0 radical (unpaired) electrons. The van der Waals surface area contributed by atoms with Gasteiger partial charge in [0.25, 0.3) is 0 Å². The van der Waals surface area contributed by atoms with Gasteiger partial charge in [0.2, 0.25) is 0 Å². The van der Waals surface area contributed by atoms with Gasteiger partial charge in [0, 0.05) is 37.0 Å². The molecule has 0 fully saturated rings. The number of hydrogen-bond acceptors (Lipinski definition) is 3. The van der Waals surface area contributed by atoms with Gasteiger partial charge in [-0.25, -0.2) is 0 Å². The first-order valence-corrected chi connectivity index (χ1v) is 12.8. The Morgan fingerprint density at radius 2 is 1.88 bits per heavy atom. The summed E-state index contributed by atoms with van der Waals surface area (Å²) in [5.41, 5.74) is 3.56. The third-order valence-corrected chi connectivity index (χ3v) is 8.14. The van der Waals surface area contributed by atoms with Crippen LogP contribution in [0.2, 0.25) is 0 Å². The molecule has 2 aliphatic heterocycles. The lowest BCUT2D eigenvalue weighted by Crippen LogP contribution is -2.46. The molecule has 0 saturated heterocycles. The van der Waals surface area contributed by atoms with Gasteiger partial charge in [-0.3, -0.25) is 4.90 Å². The number of fused-ring (bicyclic) bond motifs is 3. The van der Waals surface area contributed by atoms with Crippen LogP contribution in [0.3, 0.4) is 0 Å². The Bertz CT molecular complexity index is 871. The van der Waals surface area contributed by atoms with E-state index in [1.165, 1.54) is 36.8 Å². The first-order valence-electron chi connectivity index (χ1n) is 12.8. The summed E-state index contributed by atoms with van der Waals surface area (Å²) in [5.74, 6) is 2.07. The number of aromatic hydroxyl groups is 1. The Balaban J connectivity index is 1.59. The van der Waals surface area contributed by atoms with E-state index >= 15 is 0 Å². The molecular formula is C29H43NO2. The van der Waals surface area contributed by atoms with Crippen LogP contribution in [0.25, 0.3) is 0 Å². The van der Waals surface area contributed by atoms with Gasteiger partial charge in [0.1, 0.15) is 17.1 Å². The van der Waals surface area contributed by atoms with Crippen LogP contribution in [0.4, 0.5) is 0 Å². The minimum absolute atomic E-state index is 0.0327. The topological polar surface area (TPSA) is 32.7 Å². The van der Waals surface area contributed by atoms with Gasteiger partial charge in [0.05, 0.1) is 0 Å². The molecule has 3 nitrogen and oxygen atoms in total. The number of rotatable bonds is 8. The maximum Gasteiger partial charge on any atom is 0.127 e. The van der Waals surface area contributed by atoms with Crippen molar-refractivity contribution in [1.29, 1.82) is 0 Å². The largest absolute Gasteiger partial charge is 0.508 e. The summed E-state index contributed by atoms with van der Waals surface area (Å²) < 4.78 is 6.61. The first kappa shape index (κ1) is 23.4. The summed E-state index contributed by atoms with van der Waals surface area (Å²) in [5, 5.41) is 11.3. The Hall–Kier alpha value is -1.74. The number of benzene rings is 1. The molecule has 0 bridgehead atoms. The Morgan fingerprint density at radius 1 is 1.12 bits per heavy atom. The smallest absolute Gasteiger partial charge is 0.127 e. The molecule has 1 aliphatic carbocycles. The number of nitrogens with zero attached hydrogens (tertiary/aromatic N) is 1. The first-order chi connectivity index (χ1) is 15.2. The van der Waals surface area contributed by atoms with Crippen molar-refractivity contribution in [2.24, 2.45) is 5.92 Å². The fraction of sp³-hybridized carbons (Fsp3) is 0.655. The molecule has 1 aromatic rings. The van der Waals surface area contributed by atoms with Crippen molar-refractivity contribution in [2.45, 2.75) is 96.5 Å². The highest BCUT2D eigenvalue weighted by Crippen LogP contribution is 2.55. The van der Waals surface area contributed by atoms with E-state index in [0.29, 0.717) is 17.6 Å². The molecule has 4 rings (SSSR count). The summed E-state index contributed by atoms with van der Waals surface area (Å²) in [7, 11) is 0. The minimum atomic E-state index is -0.231. The van der Waals surface area contributed by atoms with E-state index in [9.17, 15) is 5.11 Å². The number of unbranched alkanes of at least 4 members (excludes halogenated alkanes) is 3. The number of phenols is 1. The van der Waals surface area contributed by atoms with Gasteiger partial charge in [-0.05, 0) is 56.2 Å². The highest BCUT2D eigenvalue weighted by atomic mass is 16.5. The minimum Gasteiger partial charge on any atom is -0.508 e. The van der Waals surface area contributed by atoms with Crippen molar-refractivity contribution < 1.29 is 9.84 Å². The van der Waals surface area contributed by atoms with E-state index in [0.717, 1.165) is 50.2 Å². The van der Waals surface area contributed by atoms with Gasteiger partial charge in [0.15, 0.2) is 0 Å². The van der Waals surface area contributed by atoms with Crippen molar-refractivity contribution in [3.63, 3.8) is 0 Å². The number of phenolic OH excluding ortho intramolecular Hbond substituents is 1. The lowest BCUT2D eigenvalue weighted by atomic mass is 9.66. The second-order valence-electron chi connectivity index (χ2n) is 11.5. The summed E-state index contributed by atoms with van der Waals surface area (Å²) in [6.45, 7) is 14.5. The fourth-order valence-corrected chi connectivity index (χ4v) is 6.06. The van der Waals surface area contributed by atoms with E-state index in [2.05, 4.69) is 63.8 Å². The Labute approximate surface area is 195 Å². The van der Waals surface area contributed by atoms with E-state index in [1.807, 2.05) is 6.07 Å². The molecule has 0 spiro atoms. The van der Waals surface area contributed by atoms with Gasteiger partial charge in [-0.15, -0.1) is 0 Å². The third kappa shape index (κ3) is 4.78. The maximum atomic E-state index is 11.3. The zero-order valence-electron chi connectivity index (χ0n) is 20.9. The van der Waals surface area contributed by atoms with E-state index in [-0.39, 0.29) is 11.0 Å². The highest BCUT2D eigenvalue weighted by Gasteiger charge is 2.46. The Kier molecular flexibility index (Phi) is 6.77. The van der Waals surface area contributed by atoms with E-state index in [4.69, 9.17) is 4.74 Å². The molecule has 1 N–H and O–H groups in total. The average Bonchev–Trinajstić information content (AvgIpc) is 3.23. The quantitative estimate of drug-likeness (QED) is 0.348. The predicted octanol–water partition coefficient (Wildman–Crippen LogP) is 7.10. The molecule has 0 saturated carbocycles. The van der Waals surface area contributed by atoms with Crippen molar-refractivity contribution >= 4 is 0 Å². The van der Waals surface area contributed by atoms with Crippen LogP contribution in [0.15, 0.2) is 35.9 Å². The van der Waals surface area contributed by atoms with Gasteiger partial charge >= 0.3 is 0 Å².